The number of likely N-dealkylation sites (tertiary alicyclic amines) is 1. The lowest BCUT2D eigenvalue weighted by Gasteiger charge is -2.32. The van der Waals surface area contributed by atoms with Crippen molar-refractivity contribution in [2.75, 3.05) is 26.2 Å². The molecule has 148 valence electrons. The third-order valence-corrected chi connectivity index (χ3v) is 4.85. The zero-order chi connectivity index (χ0) is 19.4. The normalized spacial score (nSPS) is 15.7. The standard InChI is InChI=1S/C23H29N3O2/c27-23(11-10-21-9-4-5-14-24-21)25-15-6-18-28-22-12-16-26(17-13-22)19-20-7-2-1-3-8-20/h1-5,7-11,14,22H,6,12-13,15-19H2,(H,25,27). The molecule has 0 bridgehead atoms. The van der Waals surface area contributed by atoms with Crippen LogP contribution in [0.5, 0.6) is 0 Å². The topological polar surface area (TPSA) is 54.5 Å². The molecule has 1 fully saturated rings. The highest BCUT2D eigenvalue weighted by atomic mass is 16.5. The molecule has 0 atom stereocenters. The molecule has 0 unspecified atom stereocenters. The van der Waals surface area contributed by atoms with Crippen LogP contribution in [-0.4, -0.2) is 48.1 Å². The van der Waals surface area contributed by atoms with E-state index in [0.717, 1.165) is 44.6 Å². The van der Waals surface area contributed by atoms with E-state index in [9.17, 15) is 4.79 Å². The Bertz CT molecular complexity index is 726. The summed E-state index contributed by atoms with van der Waals surface area (Å²) in [7, 11) is 0. The first-order valence-corrected chi connectivity index (χ1v) is 10.0. The molecular weight excluding hydrogens is 350 g/mol. The second kappa shape index (κ2) is 11.4. The number of benzene rings is 1. The summed E-state index contributed by atoms with van der Waals surface area (Å²) < 4.78 is 5.99. The zero-order valence-electron chi connectivity index (χ0n) is 16.3. The minimum absolute atomic E-state index is 0.0973. The van der Waals surface area contributed by atoms with Crippen molar-refractivity contribution in [3.05, 3.63) is 72.1 Å². The van der Waals surface area contributed by atoms with Gasteiger partial charge in [0.15, 0.2) is 0 Å². The highest BCUT2D eigenvalue weighted by Gasteiger charge is 2.19. The van der Waals surface area contributed by atoms with Crippen molar-refractivity contribution in [2.45, 2.75) is 31.9 Å². The molecule has 1 aliphatic rings. The van der Waals surface area contributed by atoms with Gasteiger partial charge in [-0.3, -0.25) is 14.7 Å². The Morgan fingerprint density at radius 3 is 2.68 bits per heavy atom. The van der Waals surface area contributed by atoms with Crippen LogP contribution in [0.4, 0.5) is 0 Å². The molecule has 0 saturated carbocycles. The maximum absolute atomic E-state index is 11.8. The number of hydrogen-bond acceptors (Lipinski definition) is 4. The molecule has 1 aromatic carbocycles. The van der Waals surface area contributed by atoms with Gasteiger partial charge in [0.25, 0.3) is 0 Å². The highest BCUT2D eigenvalue weighted by Crippen LogP contribution is 2.16. The van der Waals surface area contributed by atoms with Gasteiger partial charge in [-0.25, -0.2) is 0 Å². The molecule has 1 aliphatic heterocycles. The average molecular weight is 380 g/mol. The van der Waals surface area contributed by atoms with E-state index in [-0.39, 0.29) is 5.91 Å². The molecule has 3 rings (SSSR count). The van der Waals surface area contributed by atoms with Crippen molar-refractivity contribution in [3.8, 4) is 0 Å². The van der Waals surface area contributed by atoms with Crippen LogP contribution in [0.2, 0.25) is 0 Å². The SMILES string of the molecule is O=C(C=Cc1ccccn1)NCCCOC1CCN(Cc2ccccc2)CC1. The fourth-order valence-corrected chi connectivity index (χ4v) is 3.30. The average Bonchev–Trinajstić information content (AvgIpc) is 2.75. The fraction of sp³-hybridized carbons (Fsp3) is 0.391. The lowest BCUT2D eigenvalue weighted by atomic mass is 10.1. The van der Waals surface area contributed by atoms with Gasteiger partial charge in [0.1, 0.15) is 0 Å². The number of carbonyl (C=O) groups excluding carboxylic acids is 1. The van der Waals surface area contributed by atoms with Gasteiger partial charge >= 0.3 is 0 Å². The number of hydrogen-bond donors (Lipinski definition) is 1. The Labute approximate surface area is 167 Å². The second-order valence-corrected chi connectivity index (χ2v) is 7.06. The summed E-state index contributed by atoms with van der Waals surface area (Å²) in [6, 6.07) is 16.2. The molecule has 28 heavy (non-hydrogen) atoms. The Balaban J connectivity index is 1.23. The summed E-state index contributed by atoms with van der Waals surface area (Å²) in [6.45, 7) is 4.49. The van der Waals surface area contributed by atoms with E-state index in [1.54, 1.807) is 12.3 Å². The molecule has 2 aromatic rings. The predicted molar refractivity (Wildman–Crippen MR) is 112 cm³/mol. The van der Waals surface area contributed by atoms with Crippen LogP contribution >= 0.6 is 0 Å². The van der Waals surface area contributed by atoms with Crippen molar-refractivity contribution in [1.29, 1.82) is 0 Å². The van der Waals surface area contributed by atoms with Crippen molar-refractivity contribution < 1.29 is 9.53 Å². The van der Waals surface area contributed by atoms with Crippen molar-refractivity contribution in [2.24, 2.45) is 0 Å². The number of nitrogens with one attached hydrogen (secondary N) is 1. The molecule has 5 heteroatoms. The van der Waals surface area contributed by atoms with Gasteiger partial charge in [0, 0.05) is 45.1 Å². The number of pyridine rings is 1. The quantitative estimate of drug-likeness (QED) is 0.537. The number of aromatic nitrogens is 1. The van der Waals surface area contributed by atoms with Gasteiger partial charge in [0.05, 0.1) is 11.8 Å². The fourth-order valence-electron chi connectivity index (χ4n) is 3.30. The lowest BCUT2D eigenvalue weighted by molar-refractivity contribution is -0.116. The molecule has 1 aromatic heterocycles. The van der Waals surface area contributed by atoms with E-state index in [2.05, 4.69) is 45.5 Å². The minimum Gasteiger partial charge on any atom is -0.378 e. The predicted octanol–water partition coefficient (Wildman–Crippen LogP) is 3.28. The third kappa shape index (κ3) is 7.25. The first-order chi connectivity index (χ1) is 13.8. The molecule has 0 radical (unpaired) electrons. The summed E-state index contributed by atoms with van der Waals surface area (Å²) in [5.74, 6) is -0.0973. The number of rotatable bonds is 9. The van der Waals surface area contributed by atoms with Crippen molar-refractivity contribution in [3.63, 3.8) is 0 Å². The van der Waals surface area contributed by atoms with Crippen molar-refractivity contribution >= 4 is 12.0 Å². The maximum Gasteiger partial charge on any atom is 0.244 e. The van der Waals surface area contributed by atoms with E-state index in [4.69, 9.17) is 4.74 Å². The molecule has 1 amide bonds. The monoisotopic (exact) mass is 379 g/mol. The summed E-state index contributed by atoms with van der Waals surface area (Å²) in [5.41, 5.74) is 2.15. The Morgan fingerprint density at radius 2 is 1.93 bits per heavy atom. The minimum atomic E-state index is -0.0973. The van der Waals surface area contributed by atoms with Crippen molar-refractivity contribution in [1.82, 2.24) is 15.2 Å². The molecule has 0 spiro atoms. The Morgan fingerprint density at radius 1 is 1.14 bits per heavy atom. The van der Waals surface area contributed by atoms with E-state index in [0.29, 0.717) is 19.3 Å². The van der Waals surface area contributed by atoms with Gasteiger partial charge in [-0.2, -0.15) is 0 Å². The van der Waals surface area contributed by atoms with E-state index in [1.165, 1.54) is 11.6 Å². The molecule has 2 heterocycles. The van der Waals surface area contributed by atoms with Crippen LogP contribution in [0, 0.1) is 0 Å². The molecule has 0 aliphatic carbocycles. The molecule has 1 N–H and O–H groups in total. The number of ether oxygens (including phenoxy) is 1. The summed E-state index contributed by atoms with van der Waals surface area (Å²) in [6.07, 6.45) is 8.26. The first-order valence-electron chi connectivity index (χ1n) is 10.0. The largest absolute Gasteiger partial charge is 0.378 e. The van der Waals surface area contributed by atoms with Crippen LogP contribution in [0.25, 0.3) is 6.08 Å². The third-order valence-electron chi connectivity index (χ3n) is 4.85. The van der Waals surface area contributed by atoms with Gasteiger partial charge in [-0.1, -0.05) is 36.4 Å². The number of piperidine rings is 1. The van der Waals surface area contributed by atoms with Crippen LogP contribution in [0.3, 0.4) is 0 Å². The number of nitrogens with zero attached hydrogens (tertiary/aromatic N) is 2. The van der Waals surface area contributed by atoms with Gasteiger partial charge in [0.2, 0.25) is 5.91 Å². The number of amides is 1. The van der Waals surface area contributed by atoms with Crippen LogP contribution < -0.4 is 5.32 Å². The van der Waals surface area contributed by atoms with Crippen LogP contribution in [-0.2, 0) is 16.1 Å². The Hall–Kier alpha value is -2.50. The number of carbonyl (C=O) groups is 1. The van der Waals surface area contributed by atoms with Crippen LogP contribution in [0.1, 0.15) is 30.5 Å². The molecule has 1 saturated heterocycles. The van der Waals surface area contributed by atoms with E-state index in [1.807, 2.05) is 18.2 Å². The molecular formula is C23H29N3O2. The van der Waals surface area contributed by atoms with Gasteiger partial charge in [-0.05, 0) is 43.0 Å². The molecule has 5 nitrogen and oxygen atoms in total. The summed E-state index contributed by atoms with van der Waals surface area (Å²) in [5, 5.41) is 2.88. The van der Waals surface area contributed by atoms with E-state index < -0.39 is 0 Å². The zero-order valence-corrected chi connectivity index (χ0v) is 16.3. The first kappa shape index (κ1) is 20.2. The smallest absolute Gasteiger partial charge is 0.244 e. The highest BCUT2D eigenvalue weighted by molar-refractivity contribution is 5.91. The summed E-state index contributed by atoms with van der Waals surface area (Å²) >= 11 is 0. The second-order valence-electron chi connectivity index (χ2n) is 7.06. The van der Waals surface area contributed by atoms with E-state index >= 15 is 0 Å². The van der Waals surface area contributed by atoms with Gasteiger partial charge in [-0.15, -0.1) is 0 Å². The van der Waals surface area contributed by atoms with Gasteiger partial charge < -0.3 is 10.1 Å². The maximum atomic E-state index is 11.8. The lowest BCUT2D eigenvalue weighted by Crippen LogP contribution is -2.36. The van der Waals surface area contributed by atoms with Crippen LogP contribution in [0.15, 0.2) is 60.8 Å². The summed E-state index contributed by atoms with van der Waals surface area (Å²) in [4.78, 5) is 18.4. The Kier molecular flexibility index (Phi) is 8.22.